The van der Waals surface area contributed by atoms with Crippen LogP contribution in [-0.4, -0.2) is 61.5 Å². The second-order valence-electron chi connectivity index (χ2n) is 12.8. The van der Waals surface area contributed by atoms with Crippen LogP contribution >= 0.6 is 0 Å². The predicted molar refractivity (Wildman–Crippen MR) is 155 cm³/mol. The lowest BCUT2D eigenvalue weighted by molar-refractivity contribution is -0.143. The maximum absolute atomic E-state index is 13.9. The van der Waals surface area contributed by atoms with Crippen LogP contribution in [0.3, 0.4) is 0 Å². The van der Waals surface area contributed by atoms with Crippen LogP contribution in [0.5, 0.6) is 0 Å². The van der Waals surface area contributed by atoms with Crippen LogP contribution < -0.4 is 10.6 Å². The molecule has 13 heteroatoms. The minimum atomic E-state index is -5.06. The molecule has 0 aromatic heterocycles. The molecule has 0 saturated carbocycles. The number of carbonyl (C=O) groups is 3. The van der Waals surface area contributed by atoms with E-state index in [1.165, 1.54) is 32.8 Å². The van der Waals surface area contributed by atoms with E-state index in [2.05, 4.69) is 10.6 Å². The molecular weight excluding hydrogens is 592 g/mol. The van der Waals surface area contributed by atoms with Gasteiger partial charge in [-0.15, -0.1) is 0 Å². The quantitative estimate of drug-likeness (QED) is 0.174. The average molecular weight is 638 g/mol. The normalized spacial score (nSPS) is 15.5. The summed E-state index contributed by atoms with van der Waals surface area (Å²) in [6.45, 7) is 14.9. The van der Waals surface area contributed by atoms with Gasteiger partial charge in [-0.3, -0.25) is 9.59 Å². The van der Waals surface area contributed by atoms with Crippen molar-refractivity contribution in [1.29, 1.82) is 0 Å². The van der Waals surface area contributed by atoms with E-state index < -0.39 is 70.2 Å². The molecule has 1 aromatic carbocycles. The minimum Gasteiger partial charge on any atom is -0.463 e. The monoisotopic (exact) mass is 637 g/mol. The fraction of sp³-hybridized carbons (Fsp3) is 0.645. The predicted octanol–water partition coefficient (Wildman–Crippen LogP) is 6.11. The lowest BCUT2D eigenvalue weighted by Gasteiger charge is -2.40. The fourth-order valence-electron chi connectivity index (χ4n) is 4.86. The Hall–Kier alpha value is -3.09. The second kappa shape index (κ2) is 14.3. The summed E-state index contributed by atoms with van der Waals surface area (Å²) in [5, 5.41) is 5.41. The van der Waals surface area contributed by atoms with Crippen molar-refractivity contribution in [3.05, 3.63) is 46.5 Å². The number of hydrogen-bond donors (Lipinski definition) is 2. The van der Waals surface area contributed by atoms with Gasteiger partial charge >= 0.3 is 18.3 Å². The third kappa shape index (κ3) is 9.70. The van der Waals surface area contributed by atoms with Crippen LogP contribution in [0.1, 0.15) is 79.0 Å². The third-order valence-electron chi connectivity index (χ3n) is 7.50. The summed E-state index contributed by atoms with van der Waals surface area (Å²) in [4.78, 5) is 41.2. The summed E-state index contributed by atoms with van der Waals surface area (Å²) in [6.07, 6.45) is -8.52. The van der Waals surface area contributed by atoms with E-state index in [1.807, 2.05) is 13.8 Å². The number of ether oxygens (including phenoxy) is 1. The number of hydrogen-bond acceptors (Lipinski definition) is 5. The number of nitrogens with one attached hydrogen (secondary N) is 2. The second-order valence-corrected chi connectivity index (χ2v) is 12.8. The van der Waals surface area contributed by atoms with E-state index in [9.17, 15) is 40.7 Å². The van der Waals surface area contributed by atoms with Crippen LogP contribution in [0, 0.1) is 11.3 Å². The molecule has 0 fully saturated rings. The Labute approximate surface area is 255 Å². The van der Waals surface area contributed by atoms with Gasteiger partial charge in [-0.05, 0) is 56.0 Å². The van der Waals surface area contributed by atoms with Crippen molar-refractivity contribution in [2.75, 3.05) is 20.7 Å². The molecule has 250 valence electrons. The number of carbonyl (C=O) groups excluding carboxylic acids is 3. The molecule has 0 unspecified atom stereocenters. The highest BCUT2D eigenvalue weighted by molar-refractivity contribution is 5.92. The SMILES string of the molecule is CCOC(=O)/C(C)=C/[C@H](C(C)C)N(C)C(=O)[C@@H](NC(=O)[C@H](NC)C(C)(C)c1cc(C(F)(F)F)cc(C(F)(F)F)c1)C(C)(C)C. The Morgan fingerprint density at radius 2 is 1.34 bits per heavy atom. The van der Waals surface area contributed by atoms with Crippen LogP contribution in [0.4, 0.5) is 26.3 Å². The van der Waals surface area contributed by atoms with Crippen molar-refractivity contribution in [3.8, 4) is 0 Å². The van der Waals surface area contributed by atoms with E-state index in [0.29, 0.717) is 12.1 Å². The van der Waals surface area contributed by atoms with Gasteiger partial charge in [0.25, 0.3) is 0 Å². The van der Waals surface area contributed by atoms with Crippen LogP contribution in [0.15, 0.2) is 29.8 Å². The molecule has 44 heavy (non-hydrogen) atoms. The molecular formula is C31H45F6N3O4. The summed E-state index contributed by atoms with van der Waals surface area (Å²) in [6, 6.07) is -1.85. The average Bonchev–Trinajstić information content (AvgIpc) is 2.87. The zero-order valence-corrected chi connectivity index (χ0v) is 27.2. The molecule has 0 saturated heterocycles. The van der Waals surface area contributed by atoms with E-state index >= 15 is 0 Å². The Kier molecular flexibility index (Phi) is 12.7. The number of alkyl halides is 6. The van der Waals surface area contributed by atoms with Crippen LogP contribution in [0.25, 0.3) is 0 Å². The van der Waals surface area contributed by atoms with Gasteiger partial charge in [0.15, 0.2) is 0 Å². The summed E-state index contributed by atoms with van der Waals surface area (Å²) >= 11 is 0. The number of benzene rings is 1. The number of halogens is 6. The molecule has 0 aliphatic carbocycles. The van der Waals surface area contributed by atoms with Crippen molar-refractivity contribution in [3.63, 3.8) is 0 Å². The molecule has 1 aromatic rings. The zero-order valence-electron chi connectivity index (χ0n) is 27.2. The Morgan fingerprint density at radius 3 is 1.70 bits per heavy atom. The smallest absolute Gasteiger partial charge is 0.416 e. The number of likely N-dealkylation sites (N-methyl/N-ethyl adjacent to an activating group) is 2. The van der Waals surface area contributed by atoms with Crippen molar-refractivity contribution in [2.24, 2.45) is 11.3 Å². The van der Waals surface area contributed by atoms with Crippen molar-refractivity contribution < 1.29 is 45.5 Å². The molecule has 0 heterocycles. The van der Waals surface area contributed by atoms with Crippen molar-refractivity contribution in [1.82, 2.24) is 15.5 Å². The number of amides is 2. The Morgan fingerprint density at radius 1 is 0.886 bits per heavy atom. The summed E-state index contributed by atoms with van der Waals surface area (Å²) in [7, 11) is 2.87. The highest BCUT2D eigenvalue weighted by Gasteiger charge is 2.44. The van der Waals surface area contributed by atoms with Gasteiger partial charge in [0.1, 0.15) is 6.04 Å². The Bertz CT molecular complexity index is 1180. The molecule has 0 aliphatic heterocycles. The third-order valence-corrected chi connectivity index (χ3v) is 7.50. The van der Waals surface area contributed by atoms with Gasteiger partial charge < -0.3 is 20.3 Å². The van der Waals surface area contributed by atoms with E-state index in [-0.39, 0.29) is 29.7 Å². The minimum absolute atomic E-state index is 0.0292. The van der Waals surface area contributed by atoms with E-state index in [0.717, 1.165) is 0 Å². The van der Waals surface area contributed by atoms with Gasteiger partial charge in [-0.1, -0.05) is 54.5 Å². The molecule has 1 rings (SSSR count). The molecule has 0 spiro atoms. The van der Waals surface area contributed by atoms with Gasteiger partial charge in [-0.25, -0.2) is 4.79 Å². The zero-order chi connectivity index (χ0) is 34.6. The van der Waals surface area contributed by atoms with Gasteiger partial charge in [0, 0.05) is 18.0 Å². The largest absolute Gasteiger partial charge is 0.463 e. The summed E-state index contributed by atoms with van der Waals surface area (Å²) in [5.74, 6) is -2.01. The summed E-state index contributed by atoms with van der Waals surface area (Å²) < 4.78 is 86.5. The topological polar surface area (TPSA) is 87.7 Å². The van der Waals surface area contributed by atoms with Gasteiger partial charge in [0.2, 0.25) is 11.8 Å². The number of nitrogens with zero attached hydrogens (tertiary/aromatic N) is 1. The maximum atomic E-state index is 13.9. The molecule has 0 bridgehead atoms. The van der Waals surface area contributed by atoms with Crippen molar-refractivity contribution in [2.45, 2.75) is 98.2 Å². The molecule has 2 amide bonds. The lowest BCUT2D eigenvalue weighted by Crippen LogP contribution is -2.61. The van der Waals surface area contributed by atoms with Gasteiger partial charge in [0.05, 0.1) is 29.8 Å². The highest BCUT2D eigenvalue weighted by atomic mass is 19.4. The maximum Gasteiger partial charge on any atom is 0.416 e. The molecule has 3 atom stereocenters. The molecule has 0 radical (unpaired) electrons. The fourth-order valence-corrected chi connectivity index (χ4v) is 4.86. The van der Waals surface area contributed by atoms with Crippen molar-refractivity contribution >= 4 is 17.8 Å². The van der Waals surface area contributed by atoms with E-state index in [1.54, 1.807) is 40.7 Å². The standard InChI is InChI=1S/C31H45F6N3O4/c1-12-44-27(43)18(4)13-22(17(2)3)40(11)26(42)24(28(5,6)7)39-25(41)23(38-10)29(8,9)19-14-20(30(32,33)34)16-21(15-19)31(35,36)37/h13-17,22-24,38H,12H2,1-11H3,(H,39,41)/b18-13+/t22-,23+,24-/m1/s1. The van der Waals surface area contributed by atoms with Crippen LogP contribution in [-0.2, 0) is 36.9 Å². The highest BCUT2D eigenvalue weighted by Crippen LogP contribution is 2.40. The first kappa shape index (κ1) is 38.9. The first-order chi connectivity index (χ1) is 19.8. The van der Waals surface area contributed by atoms with Crippen LogP contribution in [0.2, 0.25) is 0 Å². The van der Waals surface area contributed by atoms with Gasteiger partial charge in [-0.2, -0.15) is 26.3 Å². The molecule has 2 N–H and O–H groups in total. The van der Waals surface area contributed by atoms with E-state index in [4.69, 9.17) is 4.74 Å². The number of esters is 1. The summed E-state index contributed by atoms with van der Waals surface area (Å²) in [5.41, 5.74) is -5.55. The first-order valence-corrected chi connectivity index (χ1v) is 14.2. The Balaban J connectivity index is 3.56. The first-order valence-electron chi connectivity index (χ1n) is 14.2. The lowest BCUT2D eigenvalue weighted by atomic mass is 9.75. The molecule has 0 aliphatic rings. The number of rotatable bonds is 11. The molecule has 7 nitrogen and oxygen atoms in total.